The summed E-state index contributed by atoms with van der Waals surface area (Å²) in [5.74, 6) is -0.641. The first-order chi connectivity index (χ1) is 19.4. The lowest BCUT2D eigenvalue weighted by molar-refractivity contribution is -0.384. The lowest BCUT2D eigenvalue weighted by atomic mass is 10.0. The quantitative estimate of drug-likeness (QED) is 0.140. The highest BCUT2D eigenvalue weighted by Crippen LogP contribution is 2.34. The maximum atomic E-state index is 12.5. The fourth-order valence-corrected chi connectivity index (χ4v) is 5.06. The molecule has 3 aromatic carbocycles. The number of likely N-dealkylation sites (N-methyl/N-ethyl adjacent to an activating group) is 1. The van der Waals surface area contributed by atoms with E-state index in [4.69, 9.17) is 4.99 Å². The van der Waals surface area contributed by atoms with Gasteiger partial charge in [0.1, 0.15) is 6.54 Å². The molecule has 0 fully saturated rings. The Kier molecular flexibility index (Phi) is 8.69. The Morgan fingerprint density at radius 2 is 1.76 bits per heavy atom. The highest BCUT2D eigenvalue weighted by molar-refractivity contribution is 7.92. The molecule has 1 aromatic heterocycles. The van der Waals surface area contributed by atoms with E-state index in [1.54, 1.807) is 36.4 Å². The van der Waals surface area contributed by atoms with Crippen LogP contribution < -0.4 is 9.62 Å². The fourth-order valence-electron chi connectivity index (χ4n) is 4.21. The number of aromatic amines is 1. The van der Waals surface area contributed by atoms with E-state index in [0.29, 0.717) is 41.0 Å². The minimum Gasteiger partial charge on any atom is -0.494 e. The molecule has 1 heterocycles. The third-order valence-corrected chi connectivity index (χ3v) is 7.35. The van der Waals surface area contributed by atoms with Crippen LogP contribution in [0.1, 0.15) is 11.1 Å². The second-order valence-corrected chi connectivity index (χ2v) is 11.5. The van der Waals surface area contributed by atoms with Gasteiger partial charge in [-0.05, 0) is 44.4 Å². The Hall–Kier alpha value is -4.75. The zero-order valence-electron chi connectivity index (χ0n) is 22.7. The molecule has 0 bridgehead atoms. The predicted octanol–water partition coefficient (Wildman–Crippen LogP) is 3.39. The van der Waals surface area contributed by atoms with Gasteiger partial charge >= 0.3 is 0 Å². The molecule has 0 saturated carbocycles. The molecule has 0 aliphatic carbocycles. The van der Waals surface area contributed by atoms with Crippen molar-refractivity contribution in [2.24, 2.45) is 4.99 Å². The number of fused-ring (bicyclic) bond motifs is 1. The number of benzene rings is 3. The number of H-pyrrole nitrogens is 1. The van der Waals surface area contributed by atoms with Crippen LogP contribution in [0, 0.1) is 10.1 Å². The summed E-state index contributed by atoms with van der Waals surface area (Å²) >= 11 is 0. The molecular weight excluding hydrogens is 548 g/mol. The Morgan fingerprint density at radius 3 is 2.37 bits per heavy atom. The molecule has 0 saturated heterocycles. The summed E-state index contributed by atoms with van der Waals surface area (Å²) < 4.78 is 26.0. The van der Waals surface area contributed by atoms with Gasteiger partial charge in [-0.15, -0.1) is 0 Å². The van der Waals surface area contributed by atoms with Gasteiger partial charge in [-0.2, -0.15) is 0 Å². The molecule has 0 aliphatic rings. The monoisotopic (exact) mass is 578 g/mol. The van der Waals surface area contributed by atoms with Gasteiger partial charge < -0.3 is 20.3 Å². The van der Waals surface area contributed by atoms with Gasteiger partial charge in [0.2, 0.25) is 15.9 Å². The lowest BCUT2D eigenvalue weighted by Gasteiger charge is -2.22. The summed E-state index contributed by atoms with van der Waals surface area (Å²) in [4.78, 5) is 32.8. The van der Waals surface area contributed by atoms with E-state index in [1.807, 2.05) is 25.1 Å². The van der Waals surface area contributed by atoms with Crippen molar-refractivity contribution in [2.45, 2.75) is 0 Å². The number of non-ortho nitro benzene ring substituents is 1. The number of nitro benzene ring substituents is 1. The van der Waals surface area contributed by atoms with Crippen molar-refractivity contribution in [1.82, 2.24) is 15.2 Å². The molecular formula is C28H30N6O6S. The number of amides is 1. The molecule has 4 aromatic rings. The summed E-state index contributed by atoms with van der Waals surface area (Å²) in [5.41, 5.74) is 2.34. The highest BCUT2D eigenvalue weighted by Gasteiger charge is 2.22. The molecule has 12 nitrogen and oxygen atoms in total. The summed E-state index contributed by atoms with van der Waals surface area (Å²) in [6.45, 7) is 0.607. The van der Waals surface area contributed by atoms with Crippen LogP contribution in [-0.2, 0) is 14.8 Å². The zero-order valence-corrected chi connectivity index (χ0v) is 23.6. The number of carbonyl (C=O) groups is 1. The smallest absolute Gasteiger partial charge is 0.270 e. The van der Waals surface area contributed by atoms with Gasteiger partial charge in [-0.25, -0.2) is 13.4 Å². The zero-order chi connectivity index (χ0) is 29.7. The Balaban J connectivity index is 1.73. The summed E-state index contributed by atoms with van der Waals surface area (Å²) in [6, 6.07) is 19.5. The Morgan fingerprint density at radius 1 is 1.07 bits per heavy atom. The molecule has 1 amide bonds. The molecule has 13 heteroatoms. The standard InChI is InChI=1S/C28H30N6O6S/c1-32(2)16-15-29-25(35)18-33(41(3,39)40)21-11-9-20(10-12-21)30-27(19-7-5-4-6-8-19)26-23-17-22(34(37)38)13-14-24(23)31-28(26)36/h4-14,17,31,36H,15-16,18H2,1-3H3,(H,29,35). The van der Waals surface area contributed by atoms with Crippen LogP contribution in [0.4, 0.5) is 17.1 Å². The van der Waals surface area contributed by atoms with Gasteiger partial charge in [0.15, 0.2) is 5.88 Å². The second-order valence-electron chi connectivity index (χ2n) is 9.60. The molecule has 4 rings (SSSR count). The normalized spacial score (nSPS) is 12.0. The van der Waals surface area contributed by atoms with E-state index in [-0.39, 0.29) is 29.4 Å². The van der Waals surface area contributed by atoms with Gasteiger partial charge in [-0.1, -0.05) is 30.3 Å². The van der Waals surface area contributed by atoms with Crippen LogP contribution in [-0.4, -0.2) is 79.9 Å². The van der Waals surface area contributed by atoms with E-state index in [0.717, 1.165) is 10.6 Å². The summed E-state index contributed by atoms with van der Waals surface area (Å²) in [5, 5.41) is 25.4. The molecule has 41 heavy (non-hydrogen) atoms. The summed E-state index contributed by atoms with van der Waals surface area (Å²) in [6.07, 6.45) is 1.03. The number of carbonyl (C=O) groups excluding carboxylic acids is 1. The van der Waals surface area contributed by atoms with E-state index in [1.165, 1.54) is 30.3 Å². The van der Waals surface area contributed by atoms with E-state index in [2.05, 4.69) is 10.3 Å². The van der Waals surface area contributed by atoms with Crippen LogP contribution in [0.25, 0.3) is 10.9 Å². The second kappa shape index (κ2) is 12.2. The maximum Gasteiger partial charge on any atom is 0.270 e. The number of nitro groups is 1. The van der Waals surface area contributed by atoms with Gasteiger partial charge in [-0.3, -0.25) is 19.2 Å². The van der Waals surface area contributed by atoms with Gasteiger partial charge in [0, 0.05) is 41.7 Å². The number of aromatic nitrogens is 1. The number of sulfonamides is 1. The first kappa shape index (κ1) is 29.2. The van der Waals surface area contributed by atoms with Crippen molar-refractivity contribution in [3.8, 4) is 5.88 Å². The van der Waals surface area contributed by atoms with Gasteiger partial charge in [0.25, 0.3) is 5.69 Å². The minimum absolute atomic E-state index is 0.138. The van der Waals surface area contributed by atoms with E-state index < -0.39 is 20.9 Å². The topological polar surface area (TPSA) is 161 Å². The average molecular weight is 579 g/mol. The summed E-state index contributed by atoms with van der Waals surface area (Å²) in [7, 11) is -0.0418. The number of aliphatic imine (C=N–C) groups is 1. The molecule has 0 aliphatic heterocycles. The number of hydrogen-bond donors (Lipinski definition) is 3. The number of rotatable bonds is 11. The fraction of sp³-hybridized carbons (Fsp3) is 0.214. The number of nitrogens with zero attached hydrogens (tertiary/aromatic N) is 4. The maximum absolute atomic E-state index is 12.5. The minimum atomic E-state index is -3.78. The Bertz CT molecular complexity index is 1700. The van der Waals surface area contributed by atoms with Gasteiger partial charge in [0.05, 0.1) is 33.8 Å². The van der Waals surface area contributed by atoms with Crippen molar-refractivity contribution in [3.63, 3.8) is 0 Å². The van der Waals surface area contributed by atoms with Crippen molar-refractivity contribution < 1.29 is 23.2 Å². The molecule has 0 radical (unpaired) electrons. The third kappa shape index (κ3) is 7.07. The average Bonchev–Trinajstić information content (AvgIpc) is 3.25. The number of aromatic hydroxyl groups is 1. The molecule has 214 valence electrons. The third-order valence-electron chi connectivity index (χ3n) is 6.20. The SMILES string of the molecule is CN(C)CCNC(=O)CN(c1ccc(N=C(c2ccccc2)c2c(O)[nH]c3ccc([N+](=O)[O-])cc23)cc1)S(C)(=O)=O. The van der Waals surface area contributed by atoms with Crippen LogP contribution in [0.2, 0.25) is 0 Å². The number of hydrogen-bond acceptors (Lipinski definition) is 8. The van der Waals surface area contributed by atoms with Crippen molar-refractivity contribution in [2.75, 3.05) is 44.3 Å². The Labute approximate surface area is 237 Å². The van der Waals surface area contributed by atoms with E-state index in [9.17, 15) is 28.4 Å². The van der Waals surface area contributed by atoms with Crippen molar-refractivity contribution in [1.29, 1.82) is 0 Å². The highest BCUT2D eigenvalue weighted by atomic mass is 32.2. The largest absolute Gasteiger partial charge is 0.494 e. The molecule has 0 spiro atoms. The van der Waals surface area contributed by atoms with Crippen LogP contribution in [0.15, 0.2) is 77.8 Å². The molecule has 0 atom stereocenters. The first-order valence-corrected chi connectivity index (χ1v) is 14.4. The number of nitrogens with one attached hydrogen (secondary N) is 2. The predicted molar refractivity (Wildman–Crippen MR) is 159 cm³/mol. The lowest BCUT2D eigenvalue weighted by Crippen LogP contribution is -2.42. The van der Waals surface area contributed by atoms with Crippen LogP contribution >= 0.6 is 0 Å². The molecule has 3 N–H and O–H groups in total. The van der Waals surface area contributed by atoms with E-state index >= 15 is 0 Å². The van der Waals surface area contributed by atoms with Crippen LogP contribution in [0.3, 0.4) is 0 Å². The number of anilines is 1. The van der Waals surface area contributed by atoms with Crippen molar-refractivity contribution >= 4 is 49.6 Å². The first-order valence-electron chi connectivity index (χ1n) is 12.6. The molecule has 0 unspecified atom stereocenters. The van der Waals surface area contributed by atoms with Crippen molar-refractivity contribution in [3.05, 3.63) is 94.0 Å². The van der Waals surface area contributed by atoms with Crippen LogP contribution in [0.5, 0.6) is 5.88 Å².